The lowest BCUT2D eigenvalue weighted by Crippen LogP contribution is -2.21. The van der Waals surface area contributed by atoms with Gasteiger partial charge in [-0.1, -0.05) is 17.7 Å². The molecule has 6 nitrogen and oxygen atoms in total. The molecule has 2 rings (SSSR count). The van der Waals surface area contributed by atoms with Crippen molar-refractivity contribution in [3.8, 4) is 0 Å². The van der Waals surface area contributed by atoms with Crippen LogP contribution in [0.25, 0.3) is 0 Å². The van der Waals surface area contributed by atoms with Crippen molar-refractivity contribution in [2.75, 3.05) is 17.2 Å². The quantitative estimate of drug-likeness (QED) is 0.647. The van der Waals surface area contributed by atoms with Crippen LogP contribution in [0.15, 0.2) is 42.5 Å². The van der Waals surface area contributed by atoms with E-state index in [1.165, 1.54) is 24.3 Å². The Kier molecular flexibility index (Phi) is 7.95. The summed E-state index contributed by atoms with van der Waals surface area (Å²) >= 11 is 5.98. The summed E-state index contributed by atoms with van der Waals surface area (Å²) in [5, 5.41) is 5.70. The lowest BCUT2D eigenvalue weighted by Gasteiger charge is -2.08. The molecule has 2 amide bonds. The maximum atomic E-state index is 12.8. The normalized spacial score (nSPS) is 10.2. The number of amides is 2. The minimum Gasteiger partial charge on any atom is -0.456 e. The second-order valence-corrected chi connectivity index (χ2v) is 6.49. The summed E-state index contributed by atoms with van der Waals surface area (Å²) in [5.41, 5.74) is 1.87. The fourth-order valence-corrected chi connectivity index (χ4v) is 2.42. The van der Waals surface area contributed by atoms with E-state index >= 15 is 0 Å². The van der Waals surface area contributed by atoms with Crippen LogP contribution in [0.1, 0.15) is 24.8 Å². The zero-order valence-corrected chi connectivity index (χ0v) is 16.0. The summed E-state index contributed by atoms with van der Waals surface area (Å²) in [6, 6.07) is 10.4. The van der Waals surface area contributed by atoms with Gasteiger partial charge in [-0.15, -0.1) is 0 Å². The second-order valence-electron chi connectivity index (χ2n) is 6.08. The predicted octanol–water partition coefficient (Wildman–Crippen LogP) is 4.08. The van der Waals surface area contributed by atoms with E-state index in [1.54, 1.807) is 18.2 Å². The Morgan fingerprint density at radius 1 is 0.964 bits per heavy atom. The van der Waals surface area contributed by atoms with E-state index in [1.807, 2.05) is 6.92 Å². The van der Waals surface area contributed by atoms with Crippen molar-refractivity contribution in [1.29, 1.82) is 0 Å². The highest BCUT2D eigenvalue weighted by Crippen LogP contribution is 2.19. The molecule has 0 aliphatic rings. The average Bonchev–Trinajstić information content (AvgIpc) is 2.65. The van der Waals surface area contributed by atoms with Gasteiger partial charge in [0, 0.05) is 29.2 Å². The van der Waals surface area contributed by atoms with Gasteiger partial charge in [0.1, 0.15) is 5.82 Å². The smallest absolute Gasteiger partial charge is 0.306 e. The fraction of sp³-hybridized carbons (Fsp3) is 0.250. The number of benzene rings is 2. The van der Waals surface area contributed by atoms with Gasteiger partial charge in [-0.2, -0.15) is 0 Å². The lowest BCUT2D eigenvalue weighted by molar-refractivity contribution is -0.147. The van der Waals surface area contributed by atoms with Gasteiger partial charge in [0.15, 0.2) is 6.61 Å². The molecule has 8 heteroatoms. The number of aryl methyl sites for hydroxylation is 1. The SMILES string of the molecule is Cc1ccc(NC(=O)COC(=O)CCCC(=O)Nc2ccc(F)cc2)cc1Cl. The molecule has 0 saturated heterocycles. The Balaban J connectivity index is 1.63. The molecule has 0 aliphatic heterocycles. The first kappa shape index (κ1) is 21.4. The highest BCUT2D eigenvalue weighted by Gasteiger charge is 2.10. The highest BCUT2D eigenvalue weighted by atomic mass is 35.5. The third kappa shape index (κ3) is 7.36. The third-order valence-corrected chi connectivity index (χ3v) is 4.14. The first-order valence-electron chi connectivity index (χ1n) is 8.60. The van der Waals surface area contributed by atoms with Crippen LogP contribution >= 0.6 is 11.6 Å². The molecule has 0 saturated carbocycles. The van der Waals surface area contributed by atoms with Crippen molar-refractivity contribution >= 4 is 40.8 Å². The zero-order chi connectivity index (χ0) is 20.5. The topological polar surface area (TPSA) is 84.5 Å². The lowest BCUT2D eigenvalue weighted by atomic mass is 10.2. The van der Waals surface area contributed by atoms with Crippen LogP contribution in [-0.2, 0) is 19.1 Å². The molecule has 0 fully saturated rings. The summed E-state index contributed by atoms with van der Waals surface area (Å²) in [7, 11) is 0. The van der Waals surface area contributed by atoms with Crippen LogP contribution in [0.4, 0.5) is 15.8 Å². The maximum Gasteiger partial charge on any atom is 0.306 e. The van der Waals surface area contributed by atoms with Gasteiger partial charge in [0.05, 0.1) is 0 Å². The number of carbonyl (C=O) groups excluding carboxylic acids is 3. The molecule has 2 aromatic rings. The predicted molar refractivity (Wildman–Crippen MR) is 105 cm³/mol. The number of hydrogen-bond donors (Lipinski definition) is 2. The van der Waals surface area contributed by atoms with Crippen LogP contribution in [-0.4, -0.2) is 24.4 Å². The Morgan fingerprint density at radius 3 is 2.29 bits per heavy atom. The van der Waals surface area contributed by atoms with Gasteiger partial charge in [0.2, 0.25) is 5.91 Å². The Morgan fingerprint density at radius 2 is 1.61 bits per heavy atom. The van der Waals surface area contributed by atoms with Crippen LogP contribution < -0.4 is 10.6 Å². The molecular formula is C20H20ClFN2O4. The molecule has 0 aromatic heterocycles. The number of ether oxygens (including phenoxy) is 1. The summed E-state index contributed by atoms with van der Waals surface area (Å²) in [4.78, 5) is 35.2. The number of anilines is 2. The molecule has 0 spiro atoms. The van der Waals surface area contributed by atoms with Crippen molar-refractivity contribution in [1.82, 2.24) is 0 Å². The molecule has 0 atom stereocenters. The van der Waals surface area contributed by atoms with Crippen LogP contribution in [0.5, 0.6) is 0 Å². The molecule has 0 heterocycles. The molecule has 0 unspecified atom stereocenters. The Hall–Kier alpha value is -2.93. The van der Waals surface area contributed by atoms with E-state index in [0.717, 1.165) is 5.56 Å². The highest BCUT2D eigenvalue weighted by molar-refractivity contribution is 6.31. The molecule has 28 heavy (non-hydrogen) atoms. The van der Waals surface area contributed by atoms with Gasteiger partial charge < -0.3 is 15.4 Å². The number of nitrogens with one attached hydrogen (secondary N) is 2. The zero-order valence-electron chi connectivity index (χ0n) is 15.3. The number of hydrogen-bond acceptors (Lipinski definition) is 4. The molecule has 2 aromatic carbocycles. The standard InChI is InChI=1S/C20H20ClFN2O4/c1-13-5-8-16(11-17(13)21)24-19(26)12-28-20(27)4-2-3-18(25)23-15-9-6-14(22)7-10-15/h5-11H,2-4,12H2,1H3,(H,23,25)(H,24,26). The van der Waals surface area contributed by atoms with E-state index in [4.69, 9.17) is 16.3 Å². The van der Waals surface area contributed by atoms with E-state index in [-0.39, 0.29) is 25.2 Å². The van der Waals surface area contributed by atoms with E-state index < -0.39 is 24.3 Å². The Labute approximate surface area is 167 Å². The summed E-state index contributed by atoms with van der Waals surface area (Å²) in [5.74, 6) is -1.75. The van der Waals surface area contributed by atoms with Crippen molar-refractivity contribution in [3.63, 3.8) is 0 Å². The van der Waals surface area contributed by atoms with E-state index in [0.29, 0.717) is 16.4 Å². The van der Waals surface area contributed by atoms with Crippen LogP contribution in [0.3, 0.4) is 0 Å². The number of carbonyl (C=O) groups is 3. The van der Waals surface area contributed by atoms with Crippen LogP contribution in [0.2, 0.25) is 5.02 Å². The molecule has 0 radical (unpaired) electrons. The minimum atomic E-state index is -0.577. The molecular weight excluding hydrogens is 387 g/mol. The fourth-order valence-electron chi connectivity index (χ4n) is 2.24. The van der Waals surface area contributed by atoms with Crippen molar-refractivity contribution in [3.05, 3.63) is 58.9 Å². The van der Waals surface area contributed by atoms with E-state index in [9.17, 15) is 18.8 Å². The number of esters is 1. The first-order valence-corrected chi connectivity index (χ1v) is 8.98. The Bertz CT molecular complexity index is 856. The van der Waals surface area contributed by atoms with E-state index in [2.05, 4.69) is 10.6 Å². The molecule has 0 aliphatic carbocycles. The van der Waals surface area contributed by atoms with Gasteiger partial charge in [0.25, 0.3) is 5.91 Å². The summed E-state index contributed by atoms with van der Waals surface area (Å²) < 4.78 is 17.7. The third-order valence-electron chi connectivity index (χ3n) is 3.73. The van der Waals surface area contributed by atoms with Crippen molar-refractivity contribution in [2.45, 2.75) is 26.2 Å². The van der Waals surface area contributed by atoms with Gasteiger partial charge in [-0.25, -0.2) is 4.39 Å². The van der Waals surface area contributed by atoms with Gasteiger partial charge >= 0.3 is 5.97 Å². The summed E-state index contributed by atoms with van der Waals surface area (Å²) in [6.45, 7) is 1.42. The van der Waals surface area contributed by atoms with Gasteiger partial charge in [-0.05, 0) is 55.3 Å². The maximum absolute atomic E-state index is 12.8. The molecule has 2 N–H and O–H groups in total. The second kappa shape index (κ2) is 10.4. The number of halogens is 2. The van der Waals surface area contributed by atoms with Crippen LogP contribution in [0, 0.1) is 12.7 Å². The van der Waals surface area contributed by atoms with Crippen molar-refractivity contribution in [2.24, 2.45) is 0 Å². The minimum absolute atomic E-state index is 0.000474. The molecule has 0 bridgehead atoms. The average molecular weight is 407 g/mol. The number of rotatable bonds is 8. The summed E-state index contributed by atoms with van der Waals surface area (Å²) in [6.07, 6.45) is 0.363. The van der Waals surface area contributed by atoms with Crippen molar-refractivity contribution < 1.29 is 23.5 Å². The first-order chi connectivity index (χ1) is 13.3. The molecule has 148 valence electrons. The monoisotopic (exact) mass is 406 g/mol. The van der Waals surface area contributed by atoms with Gasteiger partial charge in [-0.3, -0.25) is 14.4 Å². The largest absolute Gasteiger partial charge is 0.456 e.